The van der Waals surface area contributed by atoms with Crippen LogP contribution in [0.4, 0.5) is 11.9 Å². The number of aromatic nitrogens is 5. The molecule has 8 heteroatoms. The molecule has 0 saturated heterocycles. The van der Waals surface area contributed by atoms with Crippen LogP contribution in [0.3, 0.4) is 0 Å². The Kier molecular flexibility index (Phi) is 5.04. The molecular formula is C13H22N8. The van der Waals surface area contributed by atoms with E-state index in [9.17, 15) is 0 Å². The first kappa shape index (κ1) is 15.2. The standard InChI is InChI=1S/C13H22N8/c1-4-20(9-6-8-19(2)3)12-16-11(14)17-13(18-12)21-10-5-7-15-21/h5,7,10H,4,6,8-9H2,1-3H3,(H2,14,16,17,18). The summed E-state index contributed by atoms with van der Waals surface area (Å²) in [6.45, 7) is 4.78. The van der Waals surface area contributed by atoms with Crippen LogP contribution in [0.5, 0.6) is 0 Å². The van der Waals surface area contributed by atoms with Gasteiger partial charge in [0.25, 0.3) is 5.95 Å². The highest BCUT2D eigenvalue weighted by atomic mass is 15.4. The summed E-state index contributed by atoms with van der Waals surface area (Å²) in [4.78, 5) is 17.1. The molecule has 0 aromatic carbocycles. The predicted octanol–water partition coefficient (Wildman–Crippen LogP) is 0.418. The largest absolute Gasteiger partial charge is 0.368 e. The molecule has 0 fully saturated rings. The van der Waals surface area contributed by atoms with Crippen LogP contribution in [0, 0.1) is 0 Å². The van der Waals surface area contributed by atoms with Gasteiger partial charge in [0.1, 0.15) is 0 Å². The van der Waals surface area contributed by atoms with Crippen molar-refractivity contribution in [2.45, 2.75) is 13.3 Å². The fourth-order valence-electron chi connectivity index (χ4n) is 1.98. The van der Waals surface area contributed by atoms with Crippen LogP contribution in [-0.4, -0.2) is 63.4 Å². The molecule has 0 aliphatic rings. The number of anilines is 2. The summed E-state index contributed by atoms with van der Waals surface area (Å²) in [5.74, 6) is 1.24. The fourth-order valence-corrected chi connectivity index (χ4v) is 1.98. The second-order valence-electron chi connectivity index (χ2n) is 4.98. The molecule has 0 unspecified atom stereocenters. The maximum atomic E-state index is 5.80. The van der Waals surface area contributed by atoms with Crippen LogP contribution in [0.25, 0.3) is 5.95 Å². The van der Waals surface area contributed by atoms with Crippen molar-refractivity contribution in [2.24, 2.45) is 0 Å². The van der Waals surface area contributed by atoms with Crippen molar-refractivity contribution >= 4 is 11.9 Å². The first-order chi connectivity index (χ1) is 10.1. The average Bonchev–Trinajstić information content (AvgIpc) is 2.96. The van der Waals surface area contributed by atoms with E-state index in [0.717, 1.165) is 26.1 Å². The van der Waals surface area contributed by atoms with E-state index >= 15 is 0 Å². The molecular weight excluding hydrogens is 268 g/mol. The molecule has 114 valence electrons. The van der Waals surface area contributed by atoms with Crippen LogP contribution in [0.2, 0.25) is 0 Å². The van der Waals surface area contributed by atoms with Crippen LogP contribution < -0.4 is 10.6 Å². The molecule has 2 heterocycles. The lowest BCUT2D eigenvalue weighted by atomic mass is 10.3. The third-order valence-electron chi connectivity index (χ3n) is 3.04. The summed E-state index contributed by atoms with van der Waals surface area (Å²) in [7, 11) is 4.13. The summed E-state index contributed by atoms with van der Waals surface area (Å²) in [6.07, 6.45) is 4.48. The number of nitrogens with zero attached hydrogens (tertiary/aromatic N) is 7. The van der Waals surface area contributed by atoms with Gasteiger partial charge in [0.05, 0.1) is 0 Å². The van der Waals surface area contributed by atoms with Gasteiger partial charge in [0, 0.05) is 25.5 Å². The molecule has 8 nitrogen and oxygen atoms in total. The zero-order chi connectivity index (χ0) is 15.2. The van der Waals surface area contributed by atoms with Crippen molar-refractivity contribution in [3.8, 4) is 5.95 Å². The van der Waals surface area contributed by atoms with Crippen molar-refractivity contribution in [1.82, 2.24) is 29.6 Å². The summed E-state index contributed by atoms with van der Waals surface area (Å²) in [5.41, 5.74) is 5.80. The Hall–Kier alpha value is -2.22. The van der Waals surface area contributed by atoms with E-state index in [1.54, 1.807) is 17.1 Å². The summed E-state index contributed by atoms with van der Waals surface area (Å²) in [6, 6.07) is 1.81. The van der Waals surface area contributed by atoms with Crippen molar-refractivity contribution in [2.75, 3.05) is 44.4 Å². The van der Waals surface area contributed by atoms with Crippen LogP contribution in [0.1, 0.15) is 13.3 Å². The second kappa shape index (κ2) is 6.98. The zero-order valence-corrected chi connectivity index (χ0v) is 12.8. The molecule has 0 bridgehead atoms. The minimum absolute atomic E-state index is 0.205. The van der Waals surface area contributed by atoms with Crippen molar-refractivity contribution < 1.29 is 0 Å². The minimum Gasteiger partial charge on any atom is -0.368 e. The van der Waals surface area contributed by atoms with Gasteiger partial charge in [0.15, 0.2) is 0 Å². The Morgan fingerprint density at radius 3 is 2.62 bits per heavy atom. The van der Waals surface area contributed by atoms with Crippen molar-refractivity contribution in [3.05, 3.63) is 18.5 Å². The molecule has 0 spiro atoms. The Morgan fingerprint density at radius 1 is 1.19 bits per heavy atom. The Balaban J connectivity index is 2.17. The molecule has 2 rings (SSSR count). The van der Waals surface area contributed by atoms with Crippen molar-refractivity contribution in [1.29, 1.82) is 0 Å². The third-order valence-corrected chi connectivity index (χ3v) is 3.04. The predicted molar refractivity (Wildman–Crippen MR) is 82.4 cm³/mol. The number of nitrogen functional groups attached to an aromatic ring is 1. The normalized spacial score (nSPS) is 11.0. The number of hydrogen-bond donors (Lipinski definition) is 1. The molecule has 21 heavy (non-hydrogen) atoms. The number of rotatable bonds is 7. The molecule has 0 atom stereocenters. The highest BCUT2D eigenvalue weighted by Gasteiger charge is 2.12. The number of nitrogens with two attached hydrogens (primary N) is 1. The molecule has 2 aromatic rings. The minimum atomic E-state index is 0.205. The van der Waals surface area contributed by atoms with E-state index in [1.165, 1.54) is 0 Å². The van der Waals surface area contributed by atoms with Gasteiger partial charge in [-0.1, -0.05) is 0 Å². The quantitative estimate of drug-likeness (QED) is 0.790. The molecule has 0 aliphatic heterocycles. The van der Waals surface area contributed by atoms with Gasteiger partial charge in [-0.15, -0.1) is 0 Å². The zero-order valence-electron chi connectivity index (χ0n) is 12.8. The van der Waals surface area contributed by atoms with Gasteiger partial charge in [-0.3, -0.25) is 0 Å². The molecule has 0 radical (unpaired) electrons. The molecule has 2 aromatic heterocycles. The maximum absolute atomic E-state index is 5.80. The lowest BCUT2D eigenvalue weighted by Gasteiger charge is -2.22. The highest BCUT2D eigenvalue weighted by molar-refractivity contribution is 5.37. The van der Waals surface area contributed by atoms with Gasteiger partial charge < -0.3 is 15.5 Å². The topological polar surface area (TPSA) is 89.0 Å². The van der Waals surface area contributed by atoms with Crippen LogP contribution >= 0.6 is 0 Å². The Labute approximate surface area is 124 Å². The molecule has 2 N–H and O–H groups in total. The van der Waals surface area contributed by atoms with E-state index in [4.69, 9.17) is 5.73 Å². The van der Waals surface area contributed by atoms with E-state index in [1.807, 2.05) is 6.07 Å². The lowest BCUT2D eigenvalue weighted by Crippen LogP contribution is -2.29. The smallest absolute Gasteiger partial charge is 0.257 e. The van der Waals surface area contributed by atoms with Gasteiger partial charge >= 0.3 is 0 Å². The first-order valence-electron chi connectivity index (χ1n) is 7.01. The fraction of sp³-hybridized carbons (Fsp3) is 0.538. The first-order valence-corrected chi connectivity index (χ1v) is 7.01. The van der Waals surface area contributed by atoms with Crippen LogP contribution in [-0.2, 0) is 0 Å². The molecule has 0 saturated carbocycles. The summed E-state index contributed by atoms with van der Waals surface area (Å²) < 4.78 is 1.58. The maximum Gasteiger partial charge on any atom is 0.257 e. The highest BCUT2D eigenvalue weighted by Crippen LogP contribution is 2.11. The van der Waals surface area contributed by atoms with E-state index in [2.05, 4.69) is 50.9 Å². The van der Waals surface area contributed by atoms with Gasteiger partial charge in [-0.05, 0) is 40.1 Å². The van der Waals surface area contributed by atoms with E-state index in [-0.39, 0.29) is 5.95 Å². The van der Waals surface area contributed by atoms with Gasteiger partial charge in [0.2, 0.25) is 11.9 Å². The van der Waals surface area contributed by atoms with Crippen LogP contribution in [0.15, 0.2) is 18.5 Å². The molecule has 0 amide bonds. The van der Waals surface area contributed by atoms with Crippen molar-refractivity contribution in [3.63, 3.8) is 0 Å². The monoisotopic (exact) mass is 290 g/mol. The number of hydrogen-bond acceptors (Lipinski definition) is 7. The van der Waals surface area contributed by atoms with Gasteiger partial charge in [-0.25, -0.2) is 4.68 Å². The Bertz CT molecular complexity index is 551. The average molecular weight is 290 g/mol. The third kappa shape index (κ3) is 4.12. The molecule has 0 aliphatic carbocycles. The summed E-state index contributed by atoms with van der Waals surface area (Å²) >= 11 is 0. The Morgan fingerprint density at radius 2 is 2.00 bits per heavy atom. The van der Waals surface area contributed by atoms with E-state index in [0.29, 0.717) is 11.9 Å². The second-order valence-corrected chi connectivity index (χ2v) is 4.98. The van der Waals surface area contributed by atoms with Gasteiger partial charge in [-0.2, -0.15) is 20.1 Å². The SMILES string of the molecule is CCN(CCCN(C)C)c1nc(N)nc(-n2cccn2)n1. The van der Waals surface area contributed by atoms with E-state index < -0.39 is 0 Å². The lowest BCUT2D eigenvalue weighted by molar-refractivity contribution is 0.400. The summed E-state index contributed by atoms with van der Waals surface area (Å²) in [5, 5.41) is 4.12.